The van der Waals surface area contributed by atoms with Crippen molar-refractivity contribution in [1.82, 2.24) is 9.78 Å². The van der Waals surface area contributed by atoms with Crippen LogP contribution in [-0.4, -0.2) is 14.9 Å². The second-order valence-corrected chi connectivity index (χ2v) is 5.35. The van der Waals surface area contributed by atoms with E-state index in [0.29, 0.717) is 5.92 Å². The summed E-state index contributed by atoms with van der Waals surface area (Å²) < 4.78 is 1.94. The van der Waals surface area contributed by atoms with E-state index in [-0.39, 0.29) is 6.10 Å². The van der Waals surface area contributed by atoms with Crippen molar-refractivity contribution in [2.45, 2.75) is 38.8 Å². The van der Waals surface area contributed by atoms with Crippen LogP contribution in [0.5, 0.6) is 0 Å². The highest BCUT2D eigenvalue weighted by atomic mass is 16.3. The minimum Gasteiger partial charge on any atom is -0.388 e. The number of aliphatic hydroxyl groups excluding tert-OH is 1. The van der Waals surface area contributed by atoms with Crippen LogP contribution in [0.15, 0.2) is 36.7 Å². The van der Waals surface area contributed by atoms with Crippen molar-refractivity contribution in [3.05, 3.63) is 53.3 Å². The third-order valence-electron chi connectivity index (χ3n) is 4.11. The summed E-state index contributed by atoms with van der Waals surface area (Å²) >= 11 is 0. The largest absolute Gasteiger partial charge is 0.388 e. The Bertz CT molecular complexity index is 561. The Morgan fingerprint density at radius 2 is 2.21 bits per heavy atom. The summed E-state index contributed by atoms with van der Waals surface area (Å²) in [7, 11) is 0. The number of aryl methyl sites for hydroxylation is 2. The van der Waals surface area contributed by atoms with Crippen LogP contribution in [0.4, 0.5) is 0 Å². The molecule has 1 heterocycles. The minimum absolute atomic E-state index is 0.310. The van der Waals surface area contributed by atoms with Crippen LogP contribution in [0.25, 0.3) is 0 Å². The fourth-order valence-electron chi connectivity index (χ4n) is 3.00. The van der Waals surface area contributed by atoms with Gasteiger partial charge >= 0.3 is 0 Å². The average Bonchev–Trinajstić information content (AvgIpc) is 2.90. The van der Waals surface area contributed by atoms with Crippen LogP contribution in [0, 0.1) is 5.92 Å². The molecule has 0 aliphatic heterocycles. The first-order valence-electron chi connectivity index (χ1n) is 7.05. The fourth-order valence-corrected chi connectivity index (χ4v) is 3.00. The average molecular weight is 256 g/mol. The molecule has 19 heavy (non-hydrogen) atoms. The number of aromatic nitrogens is 2. The molecule has 0 bridgehead atoms. The second-order valence-electron chi connectivity index (χ2n) is 5.35. The molecule has 1 aromatic heterocycles. The van der Waals surface area contributed by atoms with Gasteiger partial charge in [0.15, 0.2) is 0 Å². The lowest BCUT2D eigenvalue weighted by molar-refractivity contribution is 0.0936. The van der Waals surface area contributed by atoms with Crippen LogP contribution in [0.1, 0.15) is 36.1 Å². The van der Waals surface area contributed by atoms with E-state index in [0.717, 1.165) is 31.4 Å². The third-order valence-corrected chi connectivity index (χ3v) is 4.11. The highest BCUT2D eigenvalue weighted by Gasteiger charge is 2.27. The number of aliphatic hydroxyl groups is 1. The van der Waals surface area contributed by atoms with Crippen LogP contribution in [-0.2, 0) is 19.4 Å². The topological polar surface area (TPSA) is 38.0 Å². The molecule has 0 spiro atoms. The summed E-state index contributed by atoms with van der Waals surface area (Å²) in [6.07, 6.45) is 6.71. The van der Waals surface area contributed by atoms with Gasteiger partial charge in [-0.1, -0.05) is 24.3 Å². The van der Waals surface area contributed by atoms with Gasteiger partial charge in [-0.05, 0) is 48.8 Å². The predicted molar refractivity (Wildman–Crippen MR) is 74.8 cm³/mol. The van der Waals surface area contributed by atoms with Gasteiger partial charge in [-0.3, -0.25) is 4.68 Å². The summed E-state index contributed by atoms with van der Waals surface area (Å²) in [5.41, 5.74) is 3.64. The molecule has 2 aromatic rings. The zero-order valence-electron chi connectivity index (χ0n) is 11.3. The Balaban J connectivity index is 1.76. The summed E-state index contributed by atoms with van der Waals surface area (Å²) in [4.78, 5) is 0. The normalized spacial score (nSPS) is 22.2. The maximum Gasteiger partial charge on any atom is 0.0824 e. The van der Waals surface area contributed by atoms with Gasteiger partial charge in [-0.2, -0.15) is 5.10 Å². The molecule has 2 unspecified atom stereocenters. The van der Waals surface area contributed by atoms with Gasteiger partial charge in [0.25, 0.3) is 0 Å². The van der Waals surface area contributed by atoms with Gasteiger partial charge in [0.1, 0.15) is 0 Å². The van der Waals surface area contributed by atoms with E-state index in [1.165, 1.54) is 11.1 Å². The summed E-state index contributed by atoms with van der Waals surface area (Å²) in [6.45, 7) is 2.98. The van der Waals surface area contributed by atoms with Crippen molar-refractivity contribution in [3.8, 4) is 0 Å². The van der Waals surface area contributed by atoms with Crippen molar-refractivity contribution < 1.29 is 5.11 Å². The molecule has 2 atom stereocenters. The second kappa shape index (κ2) is 5.17. The van der Waals surface area contributed by atoms with E-state index in [2.05, 4.69) is 36.4 Å². The van der Waals surface area contributed by atoms with Gasteiger partial charge in [0, 0.05) is 12.7 Å². The molecule has 0 radical (unpaired) electrons. The Labute approximate surface area is 113 Å². The van der Waals surface area contributed by atoms with E-state index >= 15 is 0 Å². The van der Waals surface area contributed by atoms with Crippen LogP contribution >= 0.6 is 0 Å². The molecule has 0 saturated carbocycles. The smallest absolute Gasteiger partial charge is 0.0824 e. The molecule has 3 nitrogen and oxygen atoms in total. The first kappa shape index (κ1) is 12.4. The molecule has 100 valence electrons. The quantitative estimate of drug-likeness (QED) is 0.917. The summed E-state index contributed by atoms with van der Waals surface area (Å²) in [6, 6.07) is 8.25. The van der Waals surface area contributed by atoms with E-state index in [9.17, 15) is 5.11 Å². The number of hydrogen-bond donors (Lipinski definition) is 1. The summed E-state index contributed by atoms with van der Waals surface area (Å²) in [5.74, 6) is 0.310. The maximum absolute atomic E-state index is 10.5. The highest BCUT2D eigenvalue weighted by Crippen LogP contribution is 2.36. The number of benzene rings is 1. The minimum atomic E-state index is -0.338. The molecule has 0 amide bonds. The van der Waals surface area contributed by atoms with Crippen LogP contribution in [0.2, 0.25) is 0 Å². The molecular weight excluding hydrogens is 236 g/mol. The van der Waals surface area contributed by atoms with Crippen molar-refractivity contribution in [1.29, 1.82) is 0 Å². The van der Waals surface area contributed by atoms with Gasteiger partial charge in [0.2, 0.25) is 0 Å². The van der Waals surface area contributed by atoms with Crippen molar-refractivity contribution in [2.75, 3.05) is 0 Å². The van der Waals surface area contributed by atoms with E-state index in [1.807, 2.05) is 16.9 Å². The first-order valence-corrected chi connectivity index (χ1v) is 7.05. The third kappa shape index (κ3) is 2.43. The molecule has 0 fully saturated rings. The Morgan fingerprint density at radius 3 is 3.00 bits per heavy atom. The number of hydrogen-bond acceptors (Lipinski definition) is 2. The fraction of sp³-hybridized carbons (Fsp3) is 0.438. The van der Waals surface area contributed by atoms with E-state index < -0.39 is 0 Å². The van der Waals surface area contributed by atoms with Crippen LogP contribution in [0.3, 0.4) is 0 Å². The molecule has 3 rings (SSSR count). The zero-order valence-corrected chi connectivity index (χ0v) is 11.3. The van der Waals surface area contributed by atoms with Gasteiger partial charge < -0.3 is 5.11 Å². The van der Waals surface area contributed by atoms with Gasteiger partial charge in [-0.25, -0.2) is 0 Å². The summed E-state index contributed by atoms with van der Waals surface area (Å²) in [5, 5.41) is 14.8. The van der Waals surface area contributed by atoms with E-state index in [1.54, 1.807) is 0 Å². The molecule has 0 saturated heterocycles. The standard InChI is InChI=1S/C16H20N2O/c1-2-18-11-12(10-17-18)9-14-8-7-13-5-3-4-6-15(13)16(14)19/h3-6,10-11,14,16,19H,2,7-9H2,1H3. The molecule has 1 aliphatic rings. The number of nitrogens with zero attached hydrogens (tertiary/aromatic N) is 2. The lowest BCUT2D eigenvalue weighted by atomic mass is 9.79. The highest BCUT2D eigenvalue weighted by molar-refractivity contribution is 5.32. The van der Waals surface area contributed by atoms with Gasteiger partial charge in [-0.15, -0.1) is 0 Å². The monoisotopic (exact) mass is 256 g/mol. The zero-order chi connectivity index (χ0) is 13.2. The molecule has 1 N–H and O–H groups in total. The Kier molecular flexibility index (Phi) is 3.38. The SMILES string of the molecule is CCn1cc(CC2CCc3ccccc3C2O)cn1. The van der Waals surface area contributed by atoms with Crippen LogP contribution < -0.4 is 0 Å². The Morgan fingerprint density at radius 1 is 1.37 bits per heavy atom. The molecule has 3 heteroatoms. The Hall–Kier alpha value is -1.61. The molecule has 1 aromatic carbocycles. The van der Waals surface area contributed by atoms with Crippen molar-refractivity contribution >= 4 is 0 Å². The lowest BCUT2D eigenvalue weighted by Crippen LogP contribution is -2.22. The maximum atomic E-state index is 10.5. The lowest BCUT2D eigenvalue weighted by Gasteiger charge is -2.29. The first-order chi connectivity index (χ1) is 9.28. The van der Waals surface area contributed by atoms with Crippen molar-refractivity contribution in [3.63, 3.8) is 0 Å². The number of rotatable bonds is 3. The molecular formula is C16H20N2O. The van der Waals surface area contributed by atoms with Crippen molar-refractivity contribution in [2.24, 2.45) is 5.92 Å². The van der Waals surface area contributed by atoms with E-state index in [4.69, 9.17) is 0 Å². The number of fused-ring (bicyclic) bond motifs is 1. The molecule has 1 aliphatic carbocycles. The predicted octanol–water partition coefficient (Wildman–Crippen LogP) is 2.74. The van der Waals surface area contributed by atoms with Gasteiger partial charge in [0.05, 0.1) is 12.3 Å².